The van der Waals surface area contributed by atoms with Crippen molar-refractivity contribution in [2.75, 3.05) is 5.32 Å². The van der Waals surface area contributed by atoms with Crippen molar-refractivity contribution in [1.29, 1.82) is 0 Å². The molecule has 0 aliphatic carbocycles. The molecular formula is C14H8ClF2N3NaO4S. The van der Waals surface area contributed by atoms with Crippen LogP contribution >= 0.6 is 11.6 Å². The zero-order chi connectivity index (χ0) is 18.4. The van der Waals surface area contributed by atoms with Gasteiger partial charge in [0.2, 0.25) is 5.95 Å². The van der Waals surface area contributed by atoms with Gasteiger partial charge in [-0.25, -0.2) is 0 Å². The van der Waals surface area contributed by atoms with Crippen LogP contribution in [0.3, 0.4) is 0 Å². The third kappa shape index (κ3) is 4.22. The Morgan fingerprint density at radius 1 is 1.12 bits per heavy atom. The van der Waals surface area contributed by atoms with Crippen LogP contribution in [0.25, 0.3) is 10.8 Å². The smallest absolute Gasteiger partial charge is 0.313 e. The third-order valence-electron chi connectivity index (χ3n) is 3.25. The second-order valence-corrected chi connectivity index (χ2v) is 6.72. The van der Waals surface area contributed by atoms with Gasteiger partial charge in [-0.3, -0.25) is 4.55 Å². The molecule has 0 amide bonds. The number of hydrogen-bond donors (Lipinski definition) is 3. The number of anilines is 2. The van der Waals surface area contributed by atoms with E-state index < -0.39 is 32.1 Å². The molecular weight excluding hydrogens is 403 g/mol. The van der Waals surface area contributed by atoms with Crippen LogP contribution in [0.1, 0.15) is 0 Å². The van der Waals surface area contributed by atoms with Crippen LogP contribution in [0.15, 0.2) is 35.2 Å². The van der Waals surface area contributed by atoms with Crippen molar-refractivity contribution in [2.24, 2.45) is 0 Å². The van der Waals surface area contributed by atoms with Crippen LogP contribution in [0.4, 0.5) is 20.3 Å². The van der Waals surface area contributed by atoms with E-state index in [1.54, 1.807) is 0 Å². The Bertz CT molecular complexity index is 1120. The predicted octanol–water partition coefficient (Wildman–Crippen LogP) is 2.88. The average Bonchev–Trinajstić information content (AvgIpc) is 2.51. The fourth-order valence-electron chi connectivity index (χ4n) is 2.16. The molecule has 0 bridgehead atoms. The van der Waals surface area contributed by atoms with Gasteiger partial charge in [0.25, 0.3) is 10.1 Å². The van der Waals surface area contributed by atoms with Crippen LogP contribution in [0.2, 0.25) is 5.02 Å². The molecule has 0 aliphatic heterocycles. The molecule has 3 aromatic rings. The average molecular weight is 411 g/mol. The Morgan fingerprint density at radius 3 is 2.46 bits per heavy atom. The first-order chi connectivity index (χ1) is 11.6. The molecule has 131 valence electrons. The van der Waals surface area contributed by atoms with Gasteiger partial charge in [-0.15, -0.1) is 0 Å². The van der Waals surface area contributed by atoms with Crippen LogP contribution in [-0.4, -0.2) is 57.6 Å². The van der Waals surface area contributed by atoms with Crippen molar-refractivity contribution in [1.82, 2.24) is 9.97 Å². The van der Waals surface area contributed by atoms with Crippen LogP contribution in [0, 0.1) is 12.0 Å². The summed E-state index contributed by atoms with van der Waals surface area (Å²) in [4.78, 5) is 5.66. The van der Waals surface area contributed by atoms with Crippen molar-refractivity contribution in [3.8, 4) is 5.75 Å². The number of benzene rings is 2. The molecule has 0 saturated carbocycles. The van der Waals surface area contributed by atoms with Crippen molar-refractivity contribution < 1.29 is 26.9 Å². The summed E-state index contributed by atoms with van der Waals surface area (Å²) in [7, 11) is -4.53. The molecule has 0 spiro atoms. The predicted molar refractivity (Wildman–Crippen MR) is 91.4 cm³/mol. The van der Waals surface area contributed by atoms with E-state index in [9.17, 15) is 22.3 Å². The number of fused-ring (bicyclic) bond motifs is 1. The summed E-state index contributed by atoms with van der Waals surface area (Å²) in [6.07, 6.45) is -1.32. The van der Waals surface area contributed by atoms with E-state index in [4.69, 9.17) is 16.2 Å². The van der Waals surface area contributed by atoms with Crippen LogP contribution in [0.5, 0.6) is 5.75 Å². The number of halogens is 3. The van der Waals surface area contributed by atoms with Gasteiger partial charge in [-0.1, -0.05) is 11.6 Å². The Hall–Kier alpha value is -1.56. The van der Waals surface area contributed by atoms with Gasteiger partial charge in [0, 0.05) is 46.7 Å². The molecule has 7 nitrogen and oxygen atoms in total. The minimum Gasteiger partial charge on any atom is -0.507 e. The maximum Gasteiger partial charge on any atom is 0.313 e. The summed E-state index contributed by atoms with van der Waals surface area (Å²) in [5, 5.41) is 12.4. The largest absolute Gasteiger partial charge is 0.507 e. The molecule has 1 aromatic heterocycles. The van der Waals surface area contributed by atoms with Crippen molar-refractivity contribution in [3.63, 3.8) is 0 Å². The summed E-state index contributed by atoms with van der Waals surface area (Å²) < 4.78 is 58.0. The van der Waals surface area contributed by atoms with E-state index in [0.717, 1.165) is 12.1 Å². The SMILES string of the molecule is O=S(=O)(O)c1cc(O)c2ccc(Nc3nc(F)nc(F)c3Cl)cc2c1.[Na]. The van der Waals surface area contributed by atoms with Gasteiger partial charge in [-0.2, -0.15) is 27.2 Å². The molecule has 0 saturated heterocycles. The van der Waals surface area contributed by atoms with Crippen molar-refractivity contribution in [3.05, 3.63) is 47.4 Å². The Balaban J connectivity index is 0.00000243. The Labute approximate surface area is 173 Å². The minimum absolute atomic E-state index is 0. The zero-order valence-electron chi connectivity index (χ0n) is 13.0. The van der Waals surface area contributed by atoms with E-state index in [0.29, 0.717) is 5.39 Å². The summed E-state index contributed by atoms with van der Waals surface area (Å²) in [5.74, 6) is -1.95. The molecule has 0 unspecified atom stereocenters. The van der Waals surface area contributed by atoms with Gasteiger partial charge < -0.3 is 10.4 Å². The van der Waals surface area contributed by atoms with E-state index in [1.807, 2.05) is 0 Å². The summed E-state index contributed by atoms with van der Waals surface area (Å²) >= 11 is 5.66. The molecule has 1 heterocycles. The second-order valence-electron chi connectivity index (χ2n) is 4.92. The first-order valence-corrected chi connectivity index (χ1v) is 8.37. The quantitative estimate of drug-likeness (QED) is 0.263. The summed E-state index contributed by atoms with van der Waals surface area (Å²) in [5.41, 5.74) is 0.249. The van der Waals surface area contributed by atoms with Gasteiger partial charge in [0.15, 0.2) is 5.82 Å². The topological polar surface area (TPSA) is 112 Å². The third-order valence-corrected chi connectivity index (χ3v) is 4.41. The Kier molecular flexibility index (Phi) is 6.06. The Morgan fingerprint density at radius 2 is 1.81 bits per heavy atom. The molecule has 0 fully saturated rings. The van der Waals surface area contributed by atoms with Gasteiger partial charge >= 0.3 is 6.08 Å². The number of aromatic hydroxyl groups is 1. The van der Waals surface area contributed by atoms with Crippen molar-refractivity contribution >= 4 is 73.6 Å². The fraction of sp³-hybridized carbons (Fsp3) is 0. The van der Waals surface area contributed by atoms with Crippen LogP contribution in [-0.2, 0) is 10.1 Å². The first kappa shape index (κ1) is 20.7. The molecule has 12 heteroatoms. The summed E-state index contributed by atoms with van der Waals surface area (Å²) in [6.45, 7) is 0. The molecule has 26 heavy (non-hydrogen) atoms. The second kappa shape index (κ2) is 7.59. The molecule has 3 N–H and O–H groups in total. The molecule has 3 rings (SSSR count). The maximum atomic E-state index is 13.3. The number of aromatic nitrogens is 2. The van der Waals surface area contributed by atoms with Crippen LogP contribution < -0.4 is 5.32 Å². The monoisotopic (exact) mass is 410 g/mol. The normalized spacial score (nSPS) is 11.2. The zero-order valence-corrected chi connectivity index (χ0v) is 16.6. The number of rotatable bonds is 3. The molecule has 2 aromatic carbocycles. The number of hydrogen-bond acceptors (Lipinski definition) is 6. The molecule has 0 atom stereocenters. The van der Waals surface area contributed by atoms with E-state index in [-0.39, 0.29) is 52.2 Å². The molecule has 1 radical (unpaired) electrons. The van der Waals surface area contributed by atoms with E-state index in [1.165, 1.54) is 18.2 Å². The number of phenols is 1. The number of nitrogens with zero attached hydrogens (tertiary/aromatic N) is 2. The number of nitrogens with one attached hydrogen (secondary N) is 1. The molecule has 0 aliphatic rings. The van der Waals surface area contributed by atoms with E-state index in [2.05, 4.69) is 15.3 Å². The van der Waals surface area contributed by atoms with Gasteiger partial charge in [0.1, 0.15) is 10.8 Å². The standard InChI is InChI=1S/C14H8ClF2N3O4S.Na/c15-11-12(16)19-14(17)20-13(11)18-7-1-2-9-6(3-7)4-8(5-10(9)21)25(22,23)24;/h1-5,21H,(H,18,19,20)(H,22,23,24);. The summed E-state index contributed by atoms with van der Waals surface area (Å²) in [6, 6.07) is 6.28. The van der Waals surface area contributed by atoms with Crippen molar-refractivity contribution in [2.45, 2.75) is 4.90 Å². The van der Waals surface area contributed by atoms with Gasteiger partial charge in [-0.05, 0) is 29.7 Å². The fourth-order valence-corrected chi connectivity index (χ4v) is 2.83. The van der Waals surface area contributed by atoms with E-state index >= 15 is 0 Å². The first-order valence-electron chi connectivity index (χ1n) is 6.55. The minimum atomic E-state index is -4.53. The number of phenolic OH excluding ortho intramolecular Hbond substituents is 1. The van der Waals surface area contributed by atoms with Gasteiger partial charge in [0.05, 0.1) is 4.90 Å². The maximum absolute atomic E-state index is 13.3.